The SMILES string of the molecule is CCOc1cc(/C=C2\SC(=Nc3ccc(C)cc3)NC2=O)ccc1OCC(=O)Nc1ccc(Cl)cc1. The minimum absolute atomic E-state index is 0.194. The Morgan fingerprint density at radius 1 is 1.06 bits per heavy atom. The van der Waals surface area contributed by atoms with E-state index in [1.165, 1.54) is 11.8 Å². The van der Waals surface area contributed by atoms with Crippen molar-refractivity contribution in [3.05, 3.63) is 87.8 Å². The third kappa shape index (κ3) is 6.90. The number of thioether (sulfide) groups is 1. The molecule has 0 spiro atoms. The molecule has 0 aromatic heterocycles. The van der Waals surface area contributed by atoms with Gasteiger partial charge in [0.2, 0.25) is 0 Å². The standard InChI is InChI=1S/C27H24ClN3O4S/c1-3-34-23-14-18(6-13-22(23)35-16-25(32)29-20-11-7-19(28)8-12-20)15-24-26(33)31-27(36-24)30-21-9-4-17(2)5-10-21/h4-15H,3,16H2,1-2H3,(H,29,32)(H,30,31,33)/b24-15-. The summed E-state index contributed by atoms with van der Waals surface area (Å²) in [7, 11) is 0. The molecule has 2 N–H and O–H groups in total. The van der Waals surface area contributed by atoms with Crippen LogP contribution in [0.1, 0.15) is 18.1 Å². The minimum Gasteiger partial charge on any atom is -0.490 e. The molecule has 0 saturated carbocycles. The maximum Gasteiger partial charge on any atom is 0.264 e. The zero-order chi connectivity index (χ0) is 25.5. The van der Waals surface area contributed by atoms with E-state index in [9.17, 15) is 9.59 Å². The predicted octanol–water partition coefficient (Wildman–Crippen LogP) is 5.96. The number of amidine groups is 1. The van der Waals surface area contributed by atoms with Gasteiger partial charge in [0.15, 0.2) is 23.3 Å². The molecule has 3 aromatic rings. The van der Waals surface area contributed by atoms with Crippen LogP contribution in [0.15, 0.2) is 76.6 Å². The lowest BCUT2D eigenvalue weighted by atomic mass is 10.2. The molecule has 3 aromatic carbocycles. The minimum atomic E-state index is -0.314. The first-order valence-corrected chi connectivity index (χ1v) is 12.4. The largest absolute Gasteiger partial charge is 0.490 e. The fraction of sp³-hybridized carbons (Fsp3) is 0.148. The highest BCUT2D eigenvalue weighted by atomic mass is 35.5. The van der Waals surface area contributed by atoms with Crippen molar-refractivity contribution >= 4 is 57.8 Å². The van der Waals surface area contributed by atoms with Gasteiger partial charge in [-0.25, -0.2) is 4.99 Å². The Morgan fingerprint density at radius 3 is 2.53 bits per heavy atom. The molecule has 0 unspecified atom stereocenters. The summed E-state index contributed by atoms with van der Waals surface area (Å²) in [6.45, 7) is 4.08. The molecule has 1 saturated heterocycles. The highest BCUT2D eigenvalue weighted by Gasteiger charge is 2.24. The summed E-state index contributed by atoms with van der Waals surface area (Å²) < 4.78 is 11.4. The van der Waals surface area contributed by atoms with E-state index in [1.54, 1.807) is 48.5 Å². The fourth-order valence-corrected chi connectivity index (χ4v) is 4.21. The fourth-order valence-electron chi connectivity index (χ4n) is 3.24. The molecule has 0 bridgehead atoms. The number of halogens is 1. The summed E-state index contributed by atoms with van der Waals surface area (Å²) >= 11 is 7.14. The van der Waals surface area contributed by atoms with Crippen LogP contribution in [0.2, 0.25) is 5.02 Å². The third-order valence-corrected chi connectivity index (χ3v) is 6.13. The second-order valence-electron chi connectivity index (χ2n) is 7.80. The first-order chi connectivity index (χ1) is 17.4. The molecule has 4 rings (SSSR count). The molecule has 9 heteroatoms. The van der Waals surface area contributed by atoms with Crippen molar-refractivity contribution in [1.29, 1.82) is 0 Å². The smallest absolute Gasteiger partial charge is 0.264 e. The lowest BCUT2D eigenvalue weighted by Crippen LogP contribution is -2.20. The molecule has 184 valence electrons. The van der Waals surface area contributed by atoms with Gasteiger partial charge < -0.3 is 20.1 Å². The second kappa shape index (κ2) is 11.8. The van der Waals surface area contributed by atoms with E-state index in [0.717, 1.165) is 16.8 Å². The van der Waals surface area contributed by atoms with Crippen LogP contribution in [0.4, 0.5) is 11.4 Å². The van der Waals surface area contributed by atoms with Crippen LogP contribution >= 0.6 is 23.4 Å². The van der Waals surface area contributed by atoms with Gasteiger partial charge in [-0.1, -0.05) is 35.4 Å². The predicted molar refractivity (Wildman–Crippen MR) is 145 cm³/mol. The van der Waals surface area contributed by atoms with Gasteiger partial charge >= 0.3 is 0 Å². The summed E-state index contributed by atoms with van der Waals surface area (Å²) in [4.78, 5) is 29.8. The molecule has 2 amide bonds. The second-order valence-corrected chi connectivity index (χ2v) is 9.27. The number of carbonyl (C=O) groups excluding carboxylic acids is 2. The molecular weight excluding hydrogens is 498 g/mol. The number of nitrogens with zero attached hydrogens (tertiary/aromatic N) is 1. The monoisotopic (exact) mass is 521 g/mol. The van der Waals surface area contributed by atoms with Crippen molar-refractivity contribution in [2.24, 2.45) is 4.99 Å². The van der Waals surface area contributed by atoms with Gasteiger partial charge in [0.05, 0.1) is 17.2 Å². The molecular formula is C27H24ClN3O4S. The van der Waals surface area contributed by atoms with Crippen LogP contribution in [0.25, 0.3) is 6.08 Å². The maximum atomic E-state index is 12.5. The lowest BCUT2D eigenvalue weighted by molar-refractivity contribution is -0.118. The normalized spacial score (nSPS) is 15.1. The Morgan fingerprint density at radius 2 is 1.81 bits per heavy atom. The Balaban J connectivity index is 1.43. The zero-order valence-corrected chi connectivity index (χ0v) is 21.3. The van der Waals surface area contributed by atoms with Gasteiger partial charge in [0.1, 0.15) is 0 Å². The third-order valence-electron chi connectivity index (χ3n) is 4.97. The number of benzene rings is 3. The molecule has 1 aliphatic heterocycles. The van der Waals surface area contributed by atoms with Crippen LogP contribution in [-0.4, -0.2) is 30.2 Å². The number of aliphatic imine (C=N–C) groups is 1. The number of hydrogen-bond acceptors (Lipinski definition) is 6. The van der Waals surface area contributed by atoms with E-state index >= 15 is 0 Å². The van der Waals surface area contributed by atoms with E-state index in [0.29, 0.717) is 38.9 Å². The summed E-state index contributed by atoms with van der Waals surface area (Å²) in [5, 5.41) is 6.65. The summed E-state index contributed by atoms with van der Waals surface area (Å²) in [5.41, 5.74) is 3.29. The van der Waals surface area contributed by atoms with Crippen LogP contribution < -0.4 is 20.1 Å². The summed E-state index contributed by atoms with van der Waals surface area (Å²) in [6, 6.07) is 19.8. The molecule has 1 fully saturated rings. The van der Waals surface area contributed by atoms with Gasteiger partial charge in [-0.05, 0) is 85.8 Å². The van der Waals surface area contributed by atoms with Gasteiger partial charge in [-0.3, -0.25) is 9.59 Å². The van der Waals surface area contributed by atoms with Crippen molar-refractivity contribution in [2.45, 2.75) is 13.8 Å². The first kappa shape index (κ1) is 25.3. The Hall–Kier alpha value is -3.75. The van der Waals surface area contributed by atoms with E-state index in [2.05, 4.69) is 15.6 Å². The highest BCUT2D eigenvalue weighted by Crippen LogP contribution is 2.32. The number of amides is 2. The van der Waals surface area contributed by atoms with Gasteiger partial charge in [0, 0.05) is 10.7 Å². The molecule has 7 nitrogen and oxygen atoms in total. The Labute approximate surface area is 218 Å². The quantitative estimate of drug-likeness (QED) is 0.357. The molecule has 0 atom stereocenters. The van der Waals surface area contributed by atoms with Crippen molar-refractivity contribution < 1.29 is 19.1 Å². The van der Waals surface area contributed by atoms with Crippen molar-refractivity contribution in [1.82, 2.24) is 5.32 Å². The highest BCUT2D eigenvalue weighted by molar-refractivity contribution is 8.18. The van der Waals surface area contributed by atoms with E-state index in [-0.39, 0.29) is 18.4 Å². The average Bonchev–Trinajstić information content (AvgIpc) is 3.20. The summed E-state index contributed by atoms with van der Waals surface area (Å²) in [6.07, 6.45) is 1.76. The van der Waals surface area contributed by atoms with Gasteiger partial charge in [-0.15, -0.1) is 0 Å². The first-order valence-electron chi connectivity index (χ1n) is 11.2. The summed E-state index contributed by atoms with van der Waals surface area (Å²) in [5.74, 6) is 0.368. The number of hydrogen-bond donors (Lipinski definition) is 2. The number of anilines is 1. The lowest BCUT2D eigenvalue weighted by Gasteiger charge is -2.13. The molecule has 0 radical (unpaired) electrons. The molecule has 1 heterocycles. The topological polar surface area (TPSA) is 89.0 Å². The number of ether oxygens (including phenoxy) is 2. The van der Waals surface area contributed by atoms with Crippen LogP contribution in [0.3, 0.4) is 0 Å². The van der Waals surface area contributed by atoms with Crippen LogP contribution in [0.5, 0.6) is 11.5 Å². The van der Waals surface area contributed by atoms with Crippen molar-refractivity contribution in [3.8, 4) is 11.5 Å². The molecule has 1 aliphatic rings. The van der Waals surface area contributed by atoms with Crippen LogP contribution in [0, 0.1) is 6.92 Å². The van der Waals surface area contributed by atoms with Crippen molar-refractivity contribution in [2.75, 3.05) is 18.5 Å². The van der Waals surface area contributed by atoms with E-state index in [4.69, 9.17) is 21.1 Å². The van der Waals surface area contributed by atoms with E-state index in [1.807, 2.05) is 38.1 Å². The number of nitrogens with one attached hydrogen (secondary N) is 2. The van der Waals surface area contributed by atoms with Gasteiger partial charge in [-0.2, -0.15) is 0 Å². The average molecular weight is 522 g/mol. The zero-order valence-electron chi connectivity index (χ0n) is 19.7. The molecule has 0 aliphatic carbocycles. The van der Waals surface area contributed by atoms with Crippen LogP contribution in [-0.2, 0) is 9.59 Å². The number of carbonyl (C=O) groups is 2. The Kier molecular flexibility index (Phi) is 8.30. The molecule has 36 heavy (non-hydrogen) atoms. The van der Waals surface area contributed by atoms with Gasteiger partial charge in [0.25, 0.3) is 11.8 Å². The van der Waals surface area contributed by atoms with E-state index < -0.39 is 0 Å². The number of aryl methyl sites for hydroxylation is 1. The number of rotatable bonds is 8. The maximum absolute atomic E-state index is 12.5. The Bertz CT molecular complexity index is 1320. The van der Waals surface area contributed by atoms with Crippen molar-refractivity contribution in [3.63, 3.8) is 0 Å².